The van der Waals surface area contributed by atoms with E-state index in [4.69, 9.17) is 9.26 Å². The first kappa shape index (κ1) is 21.5. The van der Waals surface area contributed by atoms with Crippen LogP contribution in [0.4, 0.5) is 5.82 Å². The molecule has 0 unspecified atom stereocenters. The van der Waals surface area contributed by atoms with Crippen LogP contribution in [0.25, 0.3) is 0 Å². The highest BCUT2D eigenvalue weighted by atomic mass is 32.2. The van der Waals surface area contributed by atoms with Crippen LogP contribution in [0, 0.1) is 6.92 Å². The number of hydrogen-bond acceptors (Lipinski definition) is 7. The quantitative estimate of drug-likeness (QED) is 0.638. The number of esters is 1. The summed E-state index contributed by atoms with van der Waals surface area (Å²) in [5, 5.41) is 6.21. The molecule has 0 aliphatic heterocycles. The summed E-state index contributed by atoms with van der Waals surface area (Å²) in [5.74, 6) is -0.223. The summed E-state index contributed by atoms with van der Waals surface area (Å²) in [5.41, 5.74) is 0.987. The predicted octanol–water partition coefficient (Wildman–Crippen LogP) is 2.25. The maximum absolute atomic E-state index is 12.3. The molecule has 1 atom stereocenters. The molecule has 2 rings (SSSR count). The zero-order chi connectivity index (χ0) is 20.5. The number of rotatable bonds is 9. The highest BCUT2D eigenvalue weighted by Crippen LogP contribution is 2.10. The monoisotopic (exact) mass is 405 g/mol. The predicted molar refractivity (Wildman–Crippen MR) is 106 cm³/mol. The SMILES string of the molecule is Cc1cc(NC(=O)CSCC(=O)O[C@@H](C)C(=O)N(C)Cc2ccccc2)no1. The molecule has 0 aliphatic rings. The van der Waals surface area contributed by atoms with Gasteiger partial charge in [0.05, 0.1) is 11.5 Å². The van der Waals surface area contributed by atoms with E-state index >= 15 is 0 Å². The molecule has 0 radical (unpaired) electrons. The van der Waals surface area contributed by atoms with Crippen LogP contribution in [0.2, 0.25) is 0 Å². The number of hydrogen-bond donors (Lipinski definition) is 1. The fourth-order valence-corrected chi connectivity index (χ4v) is 2.95. The molecule has 1 aromatic carbocycles. The van der Waals surface area contributed by atoms with Gasteiger partial charge in [0, 0.05) is 19.7 Å². The van der Waals surface area contributed by atoms with Gasteiger partial charge in [-0.25, -0.2) is 0 Å². The Morgan fingerprint density at radius 1 is 1.25 bits per heavy atom. The van der Waals surface area contributed by atoms with Crippen molar-refractivity contribution in [3.05, 3.63) is 47.7 Å². The third kappa shape index (κ3) is 7.07. The molecular formula is C19H23N3O5S. The molecule has 0 spiro atoms. The molecule has 1 aromatic heterocycles. The minimum atomic E-state index is -0.895. The zero-order valence-corrected chi connectivity index (χ0v) is 16.8. The Morgan fingerprint density at radius 3 is 2.61 bits per heavy atom. The molecule has 0 saturated heterocycles. The van der Waals surface area contributed by atoms with Crippen LogP contribution in [0.3, 0.4) is 0 Å². The Bertz CT molecular complexity index is 809. The summed E-state index contributed by atoms with van der Waals surface area (Å²) < 4.78 is 10.0. The van der Waals surface area contributed by atoms with Crippen molar-refractivity contribution < 1.29 is 23.6 Å². The lowest BCUT2D eigenvalue weighted by molar-refractivity contribution is -0.156. The third-order valence-electron chi connectivity index (χ3n) is 3.64. The Kier molecular flexibility index (Phi) is 8.06. The van der Waals surface area contributed by atoms with Crippen molar-refractivity contribution in [3.8, 4) is 0 Å². The van der Waals surface area contributed by atoms with E-state index in [-0.39, 0.29) is 23.3 Å². The van der Waals surface area contributed by atoms with Crippen molar-refractivity contribution in [2.24, 2.45) is 0 Å². The van der Waals surface area contributed by atoms with Crippen molar-refractivity contribution in [2.45, 2.75) is 26.5 Å². The van der Waals surface area contributed by atoms with Gasteiger partial charge in [0.15, 0.2) is 11.9 Å². The summed E-state index contributed by atoms with van der Waals surface area (Å²) in [6, 6.07) is 11.1. The number of amides is 2. The van der Waals surface area contributed by atoms with Crippen LogP contribution in [0.5, 0.6) is 0 Å². The lowest BCUT2D eigenvalue weighted by Gasteiger charge is -2.21. The minimum absolute atomic E-state index is 0.0364. The minimum Gasteiger partial charge on any atom is -0.452 e. The maximum atomic E-state index is 12.3. The molecule has 0 saturated carbocycles. The van der Waals surface area contributed by atoms with Gasteiger partial charge in [-0.2, -0.15) is 0 Å². The van der Waals surface area contributed by atoms with Gasteiger partial charge in [0.25, 0.3) is 5.91 Å². The maximum Gasteiger partial charge on any atom is 0.316 e. The Morgan fingerprint density at radius 2 is 1.96 bits per heavy atom. The van der Waals surface area contributed by atoms with Crippen molar-refractivity contribution in [3.63, 3.8) is 0 Å². The number of nitrogens with zero attached hydrogens (tertiary/aromatic N) is 2. The van der Waals surface area contributed by atoms with Crippen LogP contribution in [-0.4, -0.2) is 52.5 Å². The van der Waals surface area contributed by atoms with Crippen molar-refractivity contribution >= 4 is 35.4 Å². The third-order valence-corrected chi connectivity index (χ3v) is 4.55. The molecule has 150 valence electrons. The topological polar surface area (TPSA) is 102 Å². The van der Waals surface area contributed by atoms with Crippen LogP contribution in [0.15, 0.2) is 40.9 Å². The van der Waals surface area contributed by atoms with E-state index in [9.17, 15) is 14.4 Å². The summed E-state index contributed by atoms with van der Waals surface area (Å²) >= 11 is 1.09. The fraction of sp³-hybridized carbons (Fsp3) is 0.368. The number of nitrogens with one attached hydrogen (secondary N) is 1. The summed E-state index contributed by atoms with van der Waals surface area (Å²) in [7, 11) is 1.66. The number of carbonyl (C=O) groups excluding carboxylic acids is 3. The van der Waals surface area contributed by atoms with Crippen LogP contribution in [-0.2, 0) is 25.7 Å². The number of likely N-dealkylation sites (N-methyl/N-ethyl adjacent to an activating group) is 1. The van der Waals surface area contributed by atoms with Gasteiger partial charge in [0.1, 0.15) is 5.76 Å². The molecule has 2 aromatic rings. The zero-order valence-electron chi connectivity index (χ0n) is 16.0. The Balaban J connectivity index is 1.68. The number of thioether (sulfide) groups is 1. The normalized spacial score (nSPS) is 11.5. The van der Waals surface area contributed by atoms with E-state index in [1.807, 2.05) is 30.3 Å². The summed E-state index contributed by atoms with van der Waals surface area (Å²) in [6.07, 6.45) is -0.895. The van der Waals surface area contributed by atoms with E-state index in [0.29, 0.717) is 18.1 Å². The average Bonchev–Trinajstić information content (AvgIpc) is 3.06. The molecule has 0 bridgehead atoms. The van der Waals surface area contributed by atoms with Crippen molar-refractivity contribution in [1.29, 1.82) is 0 Å². The van der Waals surface area contributed by atoms with Gasteiger partial charge in [-0.1, -0.05) is 35.5 Å². The standard InChI is InChI=1S/C19H23N3O5S/c1-13-9-16(21-27-13)20-17(23)11-28-12-18(24)26-14(2)19(25)22(3)10-15-7-5-4-6-8-15/h4-9,14H,10-12H2,1-3H3,(H,20,21,23)/t14-/m0/s1. The molecule has 9 heteroatoms. The van der Waals surface area contributed by atoms with Crippen LogP contribution < -0.4 is 5.32 Å². The highest BCUT2D eigenvalue weighted by Gasteiger charge is 2.21. The lowest BCUT2D eigenvalue weighted by atomic mass is 10.2. The summed E-state index contributed by atoms with van der Waals surface area (Å²) in [4.78, 5) is 37.5. The molecule has 1 N–H and O–H groups in total. The van der Waals surface area contributed by atoms with Gasteiger partial charge in [-0.15, -0.1) is 11.8 Å². The Labute approximate surface area is 167 Å². The second-order valence-corrected chi connectivity index (χ2v) is 7.16. The van der Waals surface area contributed by atoms with Gasteiger partial charge in [-0.05, 0) is 19.4 Å². The van der Waals surface area contributed by atoms with Gasteiger partial charge in [-0.3, -0.25) is 14.4 Å². The van der Waals surface area contributed by atoms with Crippen molar-refractivity contribution in [2.75, 3.05) is 23.9 Å². The molecule has 0 aliphatic carbocycles. The second kappa shape index (κ2) is 10.5. The Hall–Kier alpha value is -2.81. The van der Waals surface area contributed by atoms with E-state index in [0.717, 1.165) is 17.3 Å². The number of ether oxygens (including phenoxy) is 1. The molecule has 8 nitrogen and oxygen atoms in total. The largest absolute Gasteiger partial charge is 0.452 e. The average molecular weight is 405 g/mol. The molecule has 28 heavy (non-hydrogen) atoms. The van der Waals surface area contributed by atoms with E-state index < -0.39 is 12.1 Å². The van der Waals surface area contributed by atoms with Crippen LogP contribution in [0.1, 0.15) is 18.2 Å². The van der Waals surface area contributed by atoms with E-state index in [1.165, 1.54) is 11.8 Å². The van der Waals surface area contributed by atoms with Gasteiger partial charge in [0.2, 0.25) is 5.91 Å². The van der Waals surface area contributed by atoms with Crippen LogP contribution >= 0.6 is 11.8 Å². The van der Waals surface area contributed by atoms with Crippen molar-refractivity contribution in [1.82, 2.24) is 10.1 Å². The van der Waals surface area contributed by atoms with E-state index in [2.05, 4.69) is 10.5 Å². The lowest BCUT2D eigenvalue weighted by Crippen LogP contribution is -2.37. The molecule has 0 fully saturated rings. The first-order chi connectivity index (χ1) is 13.3. The second-order valence-electron chi connectivity index (χ2n) is 6.18. The highest BCUT2D eigenvalue weighted by molar-refractivity contribution is 8.00. The molecular weight excluding hydrogens is 382 g/mol. The smallest absolute Gasteiger partial charge is 0.316 e. The number of benzene rings is 1. The number of anilines is 1. The van der Waals surface area contributed by atoms with E-state index in [1.54, 1.807) is 20.0 Å². The first-order valence-corrected chi connectivity index (χ1v) is 9.80. The number of carbonyl (C=O) groups is 3. The first-order valence-electron chi connectivity index (χ1n) is 8.64. The van der Waals surface area contributed by atoms with Gasteiger partial charge < -0.3 is 19.5 Å². The fourth-order valence-electron chi connectivity index (χ4n) is 2.36. The number of aryl methyl sites for hydroxylation is 1. The molecule has 1 heterocycles. The van der Waals surface area contributed by atoms with Gasteiger partial charge >= 0.3 is 5.97 Å². The summed E-state index contributed by atoms with van der Waals surface area (Å²) in [6.45, 7) is 3.68. The number of aromatic nitrogens is 1. The molecule has 2 amide bonds.